The van der Waals surface area contributed by atoms with E-state index in [-0.39, 0.29) is 9.92 Å². The third-order valence-electron chi connectivity index (χ3n) is 2.17. The second-order valence-corrected chi connectivity index (χ2v) is 5.83. The number of halogens is 4. The van der Waals surface area contributed by atoms with Gasteiger partial charge in [0.05, 0.1) is 18.1 Å². The summed E-state index contributed by atoms with van der Waals surface area (Å²) in [6, 6.07) is 3.78. The highest BCUT2D eigenvalue weighted by Crippen LogP contribution is 2.23. The molecule has 0 aliphatic heterocycles. The molecule has 2 N–H and O–H groups in total. The minimum Gasteiger partial charge on any atom is -0.392 e. The van der Waals surface area contributed by atoms with E-state index in [1.54, 1.807) is 0 Å². The Morgan fingerprint density at radius 1 is 1.32 bits per heavy atom. The van der Waals surface area contributed by atoms with Gasteiger partial charge in [0.1, 0.15) is 4.90 Å². The molecule has 0 bridgehead atoms. The van der Waals surface area contributed by atoms with Crippen LogP contribution in [0.2, 0.25) is 5.02 Å². The van der Waals surface area contributed by atoms with Crippen molar-refractivity contribution in [2.45, 2.75) is 24.1 Å². The predicted molar refractivity (Wildman–Crippen MR) is 63.2 cm³/mol. The summed E-state index contributed by atoms with van der Waals surface area (Å²) in [5.41, 5.74) is 0.292. The fraction of sp³-hybridized carbons (Fsp3) is 0.400. The summed E-state index contributed by atoms with van der Waals surface area (Å²) in [7, 11) is -4.14. The monoisotopic (exact) mass is 317 g/mol. The average Bonchev–Trinajstić information content (AvgIpc) is 2.27. The molecule has 4 nitrogen and oxygen atoms in total. The van der Waals surface area contributed by atoms with Crippen molar-refractivity contribution in [1.29, 1.82) is 0 Å². The Bertz CT molecular complexity index is 545. The maximum atomic E-state index is 11.9. The van der Waals surface area contributed by atoms with Gasteiger partial charge in [0, 0.05) is 6.54 Å². The van der Waals surface area contributed by atoms with Crippen LogP contribution < -0.4 is 4.72 Å². The molecule has 0 fully saturated rings. The van der Waals surface area contributed by atoms with Gasteiger partial charge >= 0.3 is 6.18 Å². The Hall–Kier alpha value is -0.830. The molecule has 0 spiro atoms. The molecule has 1 aromatic carbocycles. The summed E-state index contributed by atoms with van der Waals surface area (Å²) < 4.78 is 61.1. The highest BCUT2D eigenvalue weighted by molar-refractivity contribution is 7.89. The Morgan fingerprint density at radius 3 is 2.47 bits per heavy atom. The number of alkyl halides is 3. The second kappa shape index (κ2) is 6.08. The van der Waals surface area contributed by atoms with Gasteiger partial charge in [-0.2, -0.15) is 13.2 Å². The maximum Gasteiger partial charge on any atom is 0.390 e. The van der Waals surface area contributed by atoms with Gasteiger partial charge in [-0.25, -0.2) is 13.1 Å². The topological polar surface area (TPSA) is 66.4 Å². The third kappa shape index (κ3) is 4.98. The van der Waals surface area contributed by atoms with E-state index in [4.69, 9.17) is 16.7 Å². The van der Waals surface area contributed by atoms with E-state index in [9.17, 15) is 21.6 Å². The summed E-state index contributed by atoms with van der Waals surface area (Å²) >= 11 is 5.68. The number of benzene rings is 1. The first-order valence-electron chi connectivity index (χ1n) is 5.11. The van der Waals surface area contributed by atoms with Crippen molar-refractivity contribution in [1.82, 2.24) is 4.72 Å². The molecule has 0 atom stereocenters. The molecular formula is C10H11ClF3NO3S. The molecule has 0 radical (unpaired) electrons. The first-order chi connectivity index (χ1) is 8.65. The van der Waals surface area contributed by atoms with E-state index < -0.39 is 35.8 Å². The lowest BCUT2D eigenvalue weighted by atomic mass is 10.2. The van der Waals surface area contributed by atoms with E-state index in [0.717, 1.165) is 6.07 Å². The fourth-order valence-electron chi connectivity index (χ4n) is 1.26. The predicted octanol–water partition coefficient (Wildman–Crippen LogP) is 2.06. The highest BCUT2D eigenvalue weighted by Gasteiger charge is 2.28. The minimum absolute atomic E-state index is 0.128. The van der Waals surface area contributed by atoms with Gasteiger partial charge in [-0.3, -0.25) is 0 Å². The highest BCUT2D eigenvalue weighted by atomic mass is 35.5. The number of rotatable bonds is 5. The normalized spacial score (nSPS) is 12.7. The summed E-state index contributed by atoms with van der Waals surface area (Å²) in [6.45, 7) is -1.17. The maximum absolute atomic E-state index is 11.9. The Balaban J connectivity index is 2.88. The lowest BCUT2D eigenvalue weighted by molar-refractivity contribution is -0.132. The molecule has 0 saturated heterocycles. The molecule has 0 heterocycles. The molecule has 0 aliphatic rings. The third-order valence-corrected chi connectivity index (χ3v) is 4.11. The minimum atomic E-state index is -4.45. The summed E-state index contributed by atoms with van der Waals surface area (Å²) in [5.74, 6) is 0. The lowest BCUT2D eigenvalue weighted by Crippen LogP contribution is -2.28. The molecule has 0 amide bonds. The molecule has 0 aromatic heterocycles. The van der Waals surface area contributed by atoms with Crippen molar-refractivity contribution in [3.05, 3.63) is 28.8 Å². The molecule has 0 unspecified atom stereocenters. The van der Waals surface area contributed by atoms with Crippen LogP contribution in [0.15, 0.2) is 23.1 Å². The van der Waals surface area contributed by atoms with E-state index in [1.807, 2.05) is 4.72 Å². The number of hydrogen-bond acceptors (Lipinski definition) is 3. The zero-order valence-electron chi connectivity index (χ0n) is 9.54. The van der Waals surface area contributed by atoms with Crippen LogP contribution in [0.3, 0.4) is 0 Å². The zero-order valence-corrected chi connectivity index (χ0v) is 11.1. The van der Waals surface area contributed by atoms with Crippen molar-refractivity contribution in [2.75, 3.05) is 6.54 Å². The van der Waals surface area contributed by atoms with Crippen LogP contribution in [0.5, 0.6) is 0 Å². The Kier molecular flexibility index (Phi) is 5.19. The second-order valence-electron chi connectivity index (χ2n) is 3.69. The van der Waals surface area contributed by atoms with Crippen molar-refractivity contribution in [3.8, 4) is 0 Å². The van der Waals surface area contributed by atoms with Crippen molar-refractivity contribution >= 4 is 21.6 Å². The fourth-order valence-corrected chi connectivity index (χ4v) is 2.84. The van der Waals surface area contributed by atoms with E-state index in [1.165, 1.54) is 12.1 Å². The van der Waals surface area contributed by atoms with Crippen molar-refractivity contribution in [2.24, 2.45) is 0 Å². The van der Waals surface area contributed by atoms with Gasteiger partial charge in [0.15, 0.2) is 0 Å². The number of aliphatic hydroxyl groups excluding tert-OH is 1. The van der Waals surface area contributed by atoms with Gasteiger partial charge in [-0.05, 0) is 17.7 Å². The Morgan fingerprint density at radius 2 is 1.95 bits per heavy atom. The molecule has 108 valence electrons. The summed E-state index contributed by atoms with van der Waals surface area (Å²) in [6.07, 6.45) is -5.72. The molecule has 0 aliphatic carbocycles. The SMILES string of the molecule is O=S(=O)(NCCC(F)(F)F)c1cc(CO)ccc1Cl. The van der Waals surface area contributed by atoms with Crippen molar-refractivity contribution in [3.63, 3.8) is 0 Å². The number of nitrogens with one attached hydrogen (secondary N) is 1. The average molecular weight is 318 g/mol. The first-order valence-corrected chi connectivity index (χ1v) is 6.97. The van der Waals surface area contributed by atoms with Gasteiger partial charge in [-0.15, -0.1) is 0 Å². The number of hydrogen-bond donors (Lipinski definition) is 2. The van der Waals surface area contributed by atoms with Gasteiger partial charge < -0.3 is 5.11 Å². The first kappa shape index (κ1) is 16.2. The molecule has 1 rings (SSSR count). The number of aliphatic hydroxyl groups is 1. The van der Waals surface area contributed by atoms with Crippen LogP contribution >= 0.6 is 11.6 Å². The van der Waals surface area contributed by atoms with Crippen LogP contribution in [0.25, 0.3) is 0 Å². The van der Waals surface area contributed by atoms with E-state index in [2.05, 4.69) is 0 Å². The van der Waals surface area contributed by atoms with Gasteiger partial charge in [0.2, 0.25) is 10.0 Å². The van der Waals surface area contributed by atoms with Crippen LogP contribution in [-0.2, 0) is 16.6 Å². The van der Waals surface area contributed by atoms with Crippen LogP contribution in [0.4, 0.5) is 13.2 Å². The lowest BCUT2D eigenvalue weighted by Gasteiger charge is -2.10. The van der Waals surface area contributed by atoms with E-state index >= 15 is 0 Å². The smallest absolute Gasteiger partial charge is 0.390 e. The zero-order chi connectivity index (χ0) is 14.7. The summed E-state index contributed by atoms with van der Waals surface area (Å²) in [4.78, 5) is -0.358. The quantitative estimate of drug-likeness (QED) is 0.873. The van der Waals surface area contributed by atoms with Crippen LogP contribution in [0, 0.1) is 0 Å². The largest absolute Gasteiger partial charge is 0.392 e. The van der Waals surface area contributed by atoms with Crippen LogP contribution in [0.1, 0.15) is 12.0 Å². The molecule has 9 heteroatoms. The standard InChI is InChI=1S/C10H11ClF3NO3S/c11-8-2-1-7(6-16)5-9(8)19(17,18)15-4-3-10(12,13)14/h1-2,5,15-16H,3-4,6H2. The number of sulfonamides is 1. The molecule has 0 saturated carbocycles. The van der Waals surface area contributed by atoms with E-state index in [0.29, 0.717) is 5.56 Å². The van der Waals surface area contributed by atoms with Crippen LogP contribution in [-0.4, -0.2) is 26.2 Å². The molecular weight excluding hydrogens is 307 g/mol. The van der Waals surface area contributed by atoms with Crippen molar-refractivity contribution < 1.29 is 26.7 Å². The van der Waals surface area contributed by atoms with Gasteiger partial charge in [0.25, 0.3) is 0 Å². The molecule has 19 heavy (non-hydrogen) atoms. The summed E-state index contributed by atoms with van der Waals surface area (Å²) in [5, 5.41) is 8.77. The molecule has 1 aromatic rings. The Labute approximate surface area is 113 Å². The van der Waals surface area contributed by atoms with Gasteiger partial charge in [-0.1, -0.05) is 17.7 Å².